The van der Waals surface area contributed by atoms with E-state index in [2.05, 4.69) is 4.98 Å². The molecule has 0 bridgehead atoms. The Morgan fingerprint density at radius 1 is 1.50 bits per heavy atom. The minimum Gasteiger partial charge on any atom is -0.469 e. The normalized spacial score (nSPS) is 12.6. The zero-order valence-corrected chi connectivity index (χ0v) is 9.62. The summed E-state index contributed by atoms with van der Waals surface area (Å²) in [5.74, 6) is -0.503. The number of esters is 1. The third kappa shape index (κ3) is 1.78. The third-order valence-corrected chi connectivity index (χ3v) is 2.95. The lowest BCUT2D eigenvalue weighted by Crippen LogP contribution is -2.15. The number of aromatic amines is 1. The fourth-order valence-electron chi connectivity index (χ4n) is 1.80. The smallest absolute Gasteiger partial charge is 0.314 e. The van der Waals surface area contributed by atoms with Gasteiger partial charge in [-0.1, -0.05) is 18.2 Å². The number of methoxy groups -OCH3 is 1. The van der Waals surface area contributed by atoms with Crippen LogP contribution < -0.4 is 0 Å². The Morgan fingerprint density at radius 2 is 2.25 bits per heavy atom. The summed E-state index contributed by atoms with van der Waals surface area (Å²) in [7, 11) is 1.37. The van der Waals surface area contributed by atoms with Crippen LogP contribution in [0.3, 0.4) is 0 Å². The van der Waals surface area contributed by atoms with Gasteiger partial charge in [0.2, 0.25) is 0 Å². The number of nitrogens with one attached hydrogen (secondary N) is 1. The Balaban J connectivity index is 2.49. The van der Waals surface area contributed by atoms with Gasteiger partial charge in [0.1, 0.15) is 0 Å². The molecule has 4 heteroatoms. The fraction of sp³-hybridized carbons (Fsp3) is 0.250. The van der Waals surface area contributed by atoms with E-state index >= 15 is 0 Å². The van der Waals surface area contributed by atoms with E-state index in [9.17, 15) is 4.79 Å². The zero-order valence-electron chi connectivity index (χ0n) is 8.87. The second-order valence-electron chi connectivity index (χ2n) is 3.52. The van der Waals surface area contributed by atoms with Gasteiger partial charge in [-0.3, -0.25) is 4.79 Å². The number of carbonyl (C=O) groups excluding carboxylic acids is 1. The Bertz CT molecular complexity index is 506. The van der Waals surface area contributed by atoms with Crippen LogP contribution in [0.25, 0.3) is 10.9 Å². The number of hydrogen-bond donors (Lipinski definition) is 1. The van der Waals surface area contributed by atoms with Gasteiger partial charge in [-0.2, -0.15) is 0 Å². The molecule has 1 unspecified atom stereocenters. The summed E-state index contributed by atoms with van der Waals surface area (Å²) in [5, 5.41) is 1.01. The summed E-state index contributed by atoms with van der Waals surface area (Å²) in [6.45, 7) is 0. The largest absolute Gasteiger partial charge is 0.469 e. The molecule has 0 radical (unpaired) electrons. The third-order valence-electron chi connectivity index (χ3n) is 2.64. The highest BCUT2D eigenvalue weighted by molar-refractivity contribution is 6.20. The molecule has 0 saturated carbocycles. The quantitative estimate of drug-likeness (QED) is 0.659. The van der Waals surface area contributed by atoms with E-state index in [-0.39, 0.29) is 11.8 Å². The summed E-state index contributed by atoms with van der Waals surface area (Å²) in [6, 6.07) is 7.80. The molecule has 0 spiro atoms. The molecular weight excluding hydrogens is 226 g/mol. The minimum absolute atomic E-state index is 0.217. The number of halogens is 1. The van der Waals surface area contributed by atoms with Crippen LogP contribution in [-0.2, 0) is 9.53 Å². The van der Waals surface area contributed by atoms with Crippen molar-refractivity contribution >= 4 is 28.5 Å². The lowest BCUT2D eigenvalue weighted by Gasteiger charge is -2.10. The molecule has 0 aliphatic rings. The number of fused-ring (bicyclic) bond motifs is 1. The number of aromatic nitrogens is 1. The molecule has 1 heterocycles. The maximum atomic E-state index is 11.6. The van der Waals surface area contributed by atoms with Gasteiger partial charge in [0.15, 0.2) is 0 Å². The van der Waals surface area contributed by atoms with Crippen LogP contribution in [0.1, 0.15) is 11.5 Å². The van der Waals surface area contributed by atoms with Crippen molar-refractivity contribution < 1.29 is 9.53 Å². The van der Waals surface area contributed by atoms with Crippen LogP contribution in [0.5, 0.6) is 0 Å². The molecule has 1 aromatic heterocycles. The van der Waals surface area contributed by atoms with Crippen molar-refractivity contribution in [2.45, 2.75) is 5.92 Å². The number of benzene rings is 1. The maximum Gasteiger partial charge on any atom is 0.314 e. The molecule has 84 valence electrons. The second-order valence-corrected chi connectivity index (χ2v) is 3.83. The molecule has 2 rings (SSSR count). The SMILES string of the molecule is COC(=O)C(CCl)c1c[nH]c2ccccc12. The maximum absolute atomic E-state index is 11.6. The highest BCUT2D eigenvalue weighted by atomic mass is 35.5. The van der Waals surface area contributed by atoms with Gasteiger partial charge in [-0.25, -0.2) is 0 Å². The first kappa shape index (κ1) is 11.0. The Hall–Kier alpha value is -1.48. The fourth-order valence-corrected chi connectivity index (χ4v) is 2.09. The molecule has 1 atom stereocenters. The van der Waals surface area contributed by atoms with Crippen LogP contribution in [0.2, 0.25) is 0 Å². The lowest BCUT2D eigenvalue weighted by molar-refractivity contribution is -0.141. The molecule has 3 nitrogen and oxygen atoms in total. The van der Waals surface area contributed by atoms with Crippen LogP contribution in [0, 0.1) is 0 Å². The Morgan fingerprint density at radius 3 is 2.94 bits per heavy atom. The van der Waals surface area contributed by atoms with E-state index in [0.29, 0.717) is 0 Å². The number of carbonyl (C=O) groups is 1. The van der Waals surface area contributed by atoms with E-state index in [1.165, 1.54) is 7.11 Å². The average molecular weight is 238 g/mol. The lowest BCUT2D eigenvalue weighted by atomic mass is 10.0. The number of alkyl halides is 1. The molecule has 2 aromatic rings. The highest BCUT2D eigenvalue weighted by Crippen LogP contribution is 2.27. The standard InChI is InChI=1S/C12H12ClNO2/c1-16-12(15)9(6-13)10-7-14-11-5-3-2-4-8(10)11/h2-5,7,9,14H,6H2,1H3. The van der Waals surface area contributed by atoms with Crippen molar-refractivity contribution in [1.82, 2.24) is 4.98 Å². The van der Waals surface area contributed by atoms with E-state index in [0.717, 1.165) is 16.5 Å². The number of para-hydroxylation sites is 1. The number of H-pyrrole nitrogens is 1. The zero-order chi connectivity index (χ0) is 11.5. The predicted molar refractivity (Wildman–Crippen MR) is 63.8 cm³/mol. The number of ether oxygens (including phenoxy) is 1. The molecule has 0 amide bonds. The Labute approximate surface area is 98.4 Å². The summed E-state index contributed by atoms with van der Waals surface area (Å²) < 4.78 is 4.74. The van der Waals surface area contributed by atoms with E-state index < -0.39 is 5.92 Å². The van der Waals surface area contributed by atoms with Gasteiger partial charge in [0.25, 0.3) is 0 Å². The first-order valence-electron chi connectivity index (χ1n) is 4.97. The highest BCUT2D eigenvalue weighted by Gasteiger charge is 2.23. The molecular formula is C12H12ClNO2. The number of rotatable bonds is 3. The van der Waals surface area contributed by atoms with Crippen LogP contribution in [-0.4, -0.2) is 23.9 Å². The van der Waals surface area contributed by atoms with Gasteiger partial charge in [-0.05, 0) is 11.6 Å². The first-order valence-corrected chi connectivity index (χ1v) is 5.51. The molecule has 0 saturated heterocycles. The van der Waals surface area contributed by atoms with Crippen LogP contribution >= 0.6 is 11.6 Å². The predicted octanol–water partition coefficient (Wildman–Crippen LogP) is 2.66. The average Bonchev–Trinajstić information content (AvgIpc) is 2.74. The molecule has 16 heavy (non-hydrogen) atoms. The van der Waals surface area contributed by atoms with Gasteiger partial charge in [0.05, 0.1) is 13.0 Å². The van der Waals surface area contributed by atoms with Crippen molar-refractivity contribution in [2.75, 3.05) is 13.0 Å². The summed E-state index contributed by atoms with van der Waals surface area (Å²) in [6.07, 6.45) is 1.81. The van der Waals surface area contributed by atoms with E-state index in [1.54, 1.807) is 0 Å². The van der Waals surface area contributed by atoms with Crippen molar-refractivity contribution in [3.8, 4) is 0 Å². The first-order chi connectivity index (χ1) is 7.77. The van der Waals surface area contributed by atoms with E-state index in [4.69, 9.17) is 16.3 Å². The molecule has 0 fully saturated rings. The molecule has 0 aliphatic carbocycles. The summed E-state index contributed by atoms with van der Waals surface area (Å²) in [4.78, 5) is 14.7. The summed E-state index contributed by atoms with van der Waals surface area (Å²) >= 11 is 5.82. The summed E-state index contributed by atoms with van der Waals surface area (Å²) in [5.41, 5.74) is 1.88. The second kappa shape index (κ2) is 4.58. The monoisotopic (exact) mass is 237 g/mol. The van der Waals surface area contributed by atoms with Crippen molar-refractivity contribution in [3.05, 3.63) is 36.0 Å². The van der Waals surface area contributed by atoms with Gasteiger partial charge >= 0.3 is 5.97 Å². The topological polar surface area (TPSA) is 42.1 Å². The van der Waals surface area contributed by atoms with Crippen LogP contribution in [0.15, 0.2) is 30.5 Å². The van der Waals surface area contributed by atoms with Crippen molar-refractivity contribution in [2.24, 2.45) is 0 Å². The minimum atomic E-state index is -0.414. The van der Waals surface area contributed by atoms with E-state index in [1.807, 2.05) is 30.5 Å². The number of hydrogen-bond acceptors (Lipinski definition) is 2. The molecule has 1 aromatic carbocycles. The molecule has 0 aliphatic heterocycles. The van der Waals surface area contributed by atoms with Crippen molar-refractivity contribution in [3.63, 3.8) is 0 Å². The Kier molecular flexibility index (Phi) is 3.15. The van der Waals surface area contributed by atoms with Crippen LogP contribution in [0.4, 0.5) is 0 Å². The van der Waals surface area contributed by atoms with Crippen molar-refractivity contribution in [1.29, 1.82) is 0 Å². The van der Waals surface area contributed by atoms with Gasteiger partial charge < -0.3 is 9.72 Å². The van der Waals surface area contributed by atoms with Gasteiger partial charge in [0, 0.05) is 23.0 Å². The molecule has 1 N–H and O–H groups in total. The van der Waals surface area contributed by atoms with Gasteiger partial charge in [-0.15, -0.1) is 11.6 Å².